The van der Waals surface area contributed by atoms with Gasteiger partial charge in [-0.05, 0) is 43.4 Å². The number of imidazole rings is 1. The molecule has 1 heterocycles. The third-order valence-corrected chi connectivity index (χ3v) is 3.85. The molecule has 3 nitrogen and oxygen atoms in total. The normalized spacial score (nSPS) is 13.2. The van der Waals surface area contributed by atoms with E-state index < -0.39 is 0 Å². The van der Waals surface area contributed by atoms with Crippen LogP contribution in [0.3, 0.4) is 0 Å². The predicted molar refractivity (Wildman–Crippen MR) is 85.7 cm³/mol. The zero-order valence-electron chi connectivity index (χ0n) is 13.3. The Morgan fingerprint density at radius 3 is 2.71 bits per heavy atom. The summed E-state index contributed by atoms with van der Waals surface area (Å²) in [4.78, 5) is 4.65. The lowest BCUT2D eigenvalue weighted by atomic mass is 9.94. The number of aromatic nitrogens is 2. The number of halogens is 1. The van der Waals surface area contributed by atoms with Crippen molar-refractivity contribution >= 4 is 11.0 Å². The van der Waals surface area contributed by atoms with Gasteiger partial charge in [0.05, 0.1) is 11.0 Å². The maximum Gasteiger partial charge on any atom is 0.125 e. The quantitative estimate of drug-likeness (QED) is 0.844. The largest absolute Gasteiger partial charge is 0.330 e. The molecule has 0 fully saturated rings. The Hall–Kier alpha value is -1.42. The van der Waals surface area contributed by atoms with Gasteiger partial charge in [-0.15, -0.1) is 0 Å². The highest BCUT2D eigenvalue weighted by Crippen LogP contribution is 2.22. The van der Waals surface area contributed by atoms with Gasteiger partial charge in [0.15, 0.2) is 0 Å². The van der Waals surface area contributed by atoms with Crippen LogP contribution < -0.4 is 5.73 Å². The van der Waals surface area contributed by atoms with Crippen molar-refractivity contribution in [2.45, 2.75) is 46.6 Å². The number of fused-ring (bicyclic) bond motifs is 1. The molecule has 0 bridgehead atoms. The first-order valence-electron chi connectivity index (χ1n) is 7.89. The summed E-state index contributed by atoms with van der Waals surface area (Å²) in [5, 5.41) is 0. The molecule has 21 heavy (non-hydrogen) atoms. The van der Waals surface area contributed by atoms with E-state index in [0.29, 0.717) is 18.4 Å². The maximum absolute atomic E-state index is 13.4. The highest BCUT2D eigenvalue weighted by Gasteiger charge is 2.16. The van der Waals surface area contributed by atoms with Crippen molar-refractivity contribution in [3.05, 3.63) is 29.8 Å². The molecule has 0 aliphatic rings. The lowest BCUT2D eigenvalue weighted by Gasteiger charge is -2.17. The molecule has 1 aromatic carbocycles. The zero-order chi connectivity index (χ0) is 15.4. The summed E-state index contributed by atoms with van der Waals surface area (Å²) < 4.78 is 15.6. The third kappa shape index (κ3) is 3.82. The second-order valence-electron chi connectivity index (χ2n) is 6.25. The van der Waals surface area contributed by atoms with E-state index >= 15 is 0 Å². The fourth-order valence-corrected chi connectivity index (χ4v) is 2.97. The van der Waals surface area contributed by atoms with Crippen molar-refractivity contribution in [2.24, 2.45) is 17.6 Å². The van der Waals surface area contributed by atoms with E-state index in [-0.39, 0.29) is 5.82 Å². The lowest BCUT2D eigenvalue weighted by Crippen LogP contribution is -2.21. The number of aryl methyl sites for hydroxylation is 1. The molecule has 0 saturated heterocycles. The average molecular weight is 291 g/mol. The van der Waals surface area contributed by atoms with Gasteiger partial charge in [-0.2, -0.15) is 0 Å². The summed E-state index contributed by atoms with van der Waals surface area (Å²) in [6.45, 7) is 8.16. The second kappa shape index (κ2) is 7.03. The standard InChI is InChI=1S/C17H26FN3/c1-4-7-21-16-6-5-14(18)10-15(16)20-17(21)9-13(11-19)8-12(2)3/h5-6,10,12-13H,4,7-9,11,19H2,1-3H3. The monoisotopic (exact) mass is 291 g/mol. The first kappa shape index (κ1) is 16.0. The Kier molecular flexibility index (Phi) is 5.34. The molecule has 0 radical (unpaired) electrons. The van der Waals surface area contributed by atoms with E-state index in [9.17, 15) is 4.39 Å². The molecule has 2 rings (SSSR count). The number of hydrogen-bond acceptors (Lipinski definition) is 2. The van der Waals surface area contributed by atoms with Crippen LogP contribution in [0.15, 0.2) is 18.2 Å². The molecule has 0 spiro atoms. The smallest absolute Gasteiger partial charge is 0.125 e. The van der Waals surface area contributed by atoms with Gasteiger partial charge < -0.3 is 10.3 Å². The van der Waals surface area contributed by atoms with Gasteiger partial charge in [0.2, 0.25) is 0 Å². The third-order valence-electron chi connectivity index (χ3n) is 3.85. The molecular weight excluding hydrogens is 265 g/mol. The van der Waals surface area contributed by atoms with Crippen molar-refractivity contribution in [1.82, 2.24) is 9.55 Å². The van der Waals surface area contributed by atoms with Crippen molar-refractivity contribution in [3.63, 3.8) is 0 Å². The molecule has 1 unspecified atom stereocenters. The Morgan fingerprint density at radius 1 is 1.33 bits per heavy atom. The number of benzene rings is 1. The van der Waals surface area contributed by atoms with Gasteiger partial charge >= 0.3 is 0 Å². The number of nitrogens with zero attached hydrogens (tertiary/aromatic N) is 2. The first-order chi connectivity index (χ1) is 10.0. The Bertz CT molecular complexity index is 589. The van der Waals surface area contributed by atoms with Crippen LogP contribution in [0, 0.1) is 17.7 Å². The van der Waals surface area contributed by atoms with E-state index in [1.807, 2.05) is 6.07 Å². The topological polar surface area (TPSA) is 43.8 Å². The van der Waals surface area contributed by atoms with Crippen LogP contribution in [0.4, 0.5) is 4.39 Å². The minimum absolute atomic E-state index is 0.229. The van der Waals surface area contributed by atoms with Crippen LogP contribution in [0.2, 0.25) is 0 Å². The molecule has 4 heteroatoms. The minimum atomic E-state index is -0.229. The Balaban J connectivity index is 2.34. The maximum atomic E-state index is 13.4. The lowest BCUT2D eigenvalue weighted by molar-refractivity contribution is 0.403. The second-order valence-corrected chi connectivity index (χ2v) is 6.25. The van der Waals surface area contributed by atoms with Gasteiger partial charge in [0.1, 0.15) is 11.6 Å². The molecule has 0 aliphatic carbocycles. The molecular formula is C17H26FN3. The predicted octanol–water partition coefficient (Wildman–Crippen LogP) is 3.75. The van der Waals surface area contributed by atoms with Gasteiger partial charge in [-0.3, -0.25) is 0 Å². The summed E-state index contributed by atoms with van der Waals surface area (Å²) in [5.74, 6) is 1.86. The van der Waals surface area contributed by atoms with E-state index in [1.165, 1.54) is 12.1 Å². The van der Waals surface area contributed by atoms with Crippen LogP contribution in [0.1, 0.15) is 39.4 Å². The average Bonchev–Trinajstić information content (AvgIpc) is 2.75. The number of rotatable bonds is 7. The SMILES string of the molecule is CCCn1c(CC(CN)CC(C)C)nc2cc(F)ccc21. The zero-order valence-corrected chi connectivity index (χ0v) is 13.3. The molecule has 1 aromatic heterocycles. The summed E-state index contributed by atoms with van der Waals surface area (Å²) in [5.41, 5.74) is 7.68. The summed E-state index contributed by atoms with van der Waals surface area (Å²) in [6, 6.07) is 4.86. The first-order valence-corrected chi connectivity index (χ1v) is 7.89. The highest BCUT2D eigenvalue weighted by atomic mass is 19.1. The fourth-order valence-electron chi connectivity index (χ4n) is 2.97. The molecule has 0 aliphatic heterocycles. The van der Waals surface area contributed by atoms with Gasteiger partial charge in [0, 0.05) is 19.0 Å². The number of hydrogen-bond donors (Lipinski definition) is 1. The minimum Gasteiger partial charge on any atom is -0.330 e. The van der Waals surface area contributed by atoms with E-state index in [0.717, 1.165) is 42.7 Å². The van der Waals surface area contributed by atoms with Crippen LogP contribution in [-0.2, 0) is 13.0 Å². The number of nitrogens with two attached hydrogens (primary N) is 1. The van der Waals surface area contributed by atoms with Crippen molar-refractivity contribution in [3.8, 4) is 0 Å². The molecule has 1 atom stereocenters. The Labute approximate surface area is 126 Å². The molecule has 2 N–H and O–H groups in total. The summed E-state index contributed by atoms with van der Waals surface area (Å²) in [7, 11) is 0. The molecule has 116 valence electrons. The molecule has 0 amide bonds. The van der Waals surface area contributed by atoms with Crippen LogP contribution in [0.5, 0.6) is 0 Å². The van der Waals surface area contributed by atoms with Crippen LogP contribution in [0.25, 0.3) is 11.0 Å². The fraction of sp³-hybridized carbons (Fsp3) is 0.588. The van der Waals surface area contributed by atoms with E-state index in [2.05, 4.69) is 30.3 Å². The molecule has 0 saturated carbocycles. The van der Waals surface area contributed by atoms with Crippen LogP contribution in [-0.4, -0.2) is 16.1 Å². The van der Waals surface area contributed by atoms with Crippen molar-refractivity contribution < 1.29 is 4.39 Å². The van der Waals surface area contributed by atoms with E-state index in [1.54, 1.807) is 0 Å². The van der Waals surface area contributed by atoms with E-state index in [4.69, 9.17) is 5.73 Å². The van der Waals surface area contributed by atoms with Gasteiger partial charge in [-0.25, -0.2) is 9.37 Å². The highest BCUT2D eigenvalue weighted by molar-refractivity contribution is 5.76. The van der Waals surface area contributed by atoms with Gasteiger partial charge in [0.25, 0.3) is 0 Å². The Morgan fingerprint density at radius 2 is 2.10 bits per heavy atom. The molecule has 2 aromatic rings. The summed E-state index contributed by atoms with van der Waals surface area (Å²) >= 11 is 0. The van der Waals surface area contributed by atoms with Crippen molar-refractivity contribution in [1.29, 1.82) is 0 Å². The van der Waals surface area contributed by atoms with Gasteiger partial charge in [-0.1, -0.05) is 20.8 Å². The van der Waals surface area contributed by atoms with Crippen LogP contribution >= 0.6 is 0 Å². The van der Waals surface area contributed by atoms with Crippen molar-refractivity contribution in [2.75, 3.05) is 6.54 Å². The summed E-state index contributed by atoms with van der Waals surface area (Å²) in [6.07, 6.45) is 3.00.